The smallest absolute Gasteiger partial charge is 0.197 e. The Kier molecular flexibility index (Phi) is 16.1. The third kappa shape index (κ3) is 12.7. The molecule has 0 saturated heterocycles. The van der Waals surface area contributed by atoms with Crippen molar-refractivity contribution in [2.45, 2.75) is 162 Å². The predicted molar refractivity (Wildman–Crippen MR) is 318 cm³/mol. The fraction of sp³-hybridized carbons (Fsp3) is 0.333. The van der Waals surface area contributed by atoms with Crippen molar-refractivity contribution >= 4 is 57.8 Å². The average molecular weight is 1030 g/mol. The highest BCUT2D eigenvalue weighted by atomic mass is 32.2. The van der Waals surface area contributed by atoms with Crippen LogP contribution < -0.4 is 10.6 Å². The molecule has 1 saturated carbocycles. The topological polar surface area (TPSA) is 58.2 Å². The van der Waals surface area contributed by atoms with E-state index in [4.69, 9.17) is 0 Å². The number of hydrogen-bond donors (Lipinski definition) is 2. The molecule has 75 heavy (non-hydrogen) atoms. The van der Waals surface area contributed by atoms with Gasteiger partial charge in [0.1, 0.15) is 0 Å². The summed E-state index contributed by atoms with van der Waals surface area (Å²) in [5, 5.41) is 7.16. The highest BCUT2D eigenvalue weighted by Crippen LogP contribution is 2.47. The molecule has 1 fully saturated rings. The lowest BCUT2D eigenvalue weighted by atomic mass is 9.77. The summed E-state index contributed by atoms with van der Waals surface area (Å²) in [7, 11) is 0. The Balaban J connectivity index is 1.04. The molecule has 4 nitrogen and oxygen atoms in total. The van der Waals surface area contributed by atoms with Gasteiger partial charge in [0.05, 0.1) is 22.5 Å². The van der Waals surface area contributed by atoms with Gasteiger partial charge in [-0.2, -0.15) is 0 Å². The molecule has 0 heterocycles. The Morgan fingerprint density at radius 1 is 0.453 bits per heavy atom. The minimum atomic E-state index is -0.197. The molecule has 6 heteroatoms. The molecule has 0 aromatic heterocycles. The van der Waals surface area contributed by atoms with Crippen LogP contribution in [0, 0.1) is 17.8 Å². The molecule has 0 atom stereocenters. The first-order valence-electron chi connectivity index (χ1n) is 27.2. The zero-order valence-corrected chi connectivity index (χ0v) is 47.4. The third-order valence-corrected chi connectivity index (χ3v) is 17.3. The molecule has 2 aliphatic carbocycles. The van der Waals surface area contributed by atoms with Crippen molar-refractivity contribution in [1.82, 2.24) is 0 Å². The SMILES string of the molecule is CCCCCC1CCC(c2ccc(C#Cc3ccc(Sc4ccc(Sc5ccc(C(C)(C)C)cc5)c5c4C(=O)c4c(Nc6ccc(C(C)(C)C)cc6)ccc(Nc6ccc(C(C)(C)C)cc6)c4C5=O)cc3)cc2)CC1. The minimum Gasteiger partial charge on any atom is -0.355 e. The Morgan fingerprint density at radius 2 is 0.840 bits per heavy atom. The summed E-state index contributed by atoms with van der Waals surface area (Å²) in [4.78, 5) is 34.9. The normalized spacial score (nSPS) is 15.7. The van der Waals surface area contributed by atoms with Crippen LogP contribution >= 0.6 is 23.5 Å². The number of carbonyl (C=O) groups excluding carboxylic acids is 2. The molecule has 2 aliphatic rings. The second kappa shape index (κ2) is 22.5. The number of anilines is 4. The van der Waals surface area contributed by atoms with E-state index in [-0.39, 0.29) is 27.8 Å². The molecule has 384 valence electrons. The Bertz CT molecular complexity index is 3220. The molecule has 9 rings (SSSR count). The van der Waals surface area contributed by atoms with Gasteiger partial charge in [-0.05, 0) is 173 Å². The van der Waals surface area contributed by atoms with Gasteiger partial charge in [0.2, 0.25) is 0 Å². The van der Waals surface area contributed by atoms with Gasteiger partial charge in [0, 0.05) is 53.2 Å². The van der Waals surface area contributed by atoms with E-state index in [1.54, 1.807) is 0 Å². The number of nitrogens with one attached hydrogen (secondary N) is 2. The number of ketones is 2. The van der Waals surface area contributed by atoms with E-state index in [1.165, 1.54) is 97.1 Å². The van der Waals surface area contributed by atoms with Gasteiger partial charge in [0.25, 0.3) is 0 Å². The minimum absolute atomic E-state index is 0.00666. The van der Waals surface area contributed by atoms with Crippen molar-refractivity contribution in [3.63, 3.8) is 0 Å². The van der Waals surface area contributed by atoms with Crippen molar-refractivity contribution in [2.75, 3.05) is 10.6 Å². The summed E-state index contributed by atoms with van der Waals surface area (Å²) in [6.07, 6.45) is 10.7. The standard InChI is InChI=1S/C69H74N2O2S2/c1-11-12-13-14-45-17-23-48(24-18-45)49-25-19-46(20-26-49)15-16-47-21-37-55(38-22-47)74-59-43-44-60(75-56-39-31-52(32-40-56)69(8,9)10)64-63(59)65(72)61-57(70-53-33-27-50(28-34-53)67(2,3)4)41-42-58(62(61)66(64)73)71-54-35-29-51(30-36-54)68(5,6)7/h19-22,25-45,48,70-71H,11-14,17-18,23-24H2,1-10H3. The lowest BCUT2D eigenvalue weighted by molar-refractivity contribution is 0.0976. The molecular formula is C69H74N2O2S2. The van der Waals surface area contributed by atoms with Crippen molar-refractivity contribution in [2.24, 2.45) is 5.92 Å². The number of unbranched alkanes of at least 4 members (excludes halogenated alkanes) is 2. The van der Waals surface area contributed by atoms with E-state index in [9.17, 15) is 0 Å². The molecule has 0 spiro atoms. The molecule has 0 amide bonds. The number of carbonyl (C=O) groups is 2. The summed E-state index contributed by atoms with van der Waals surface area (Å²) in [6.45, 7) is 22.1. The summed E-state index contributed by atoms with van der Waals surface area (Å²) < 4.78 is 0. The molecule has 0 unspecified atom stereocenters. The van der Waals surface area contributed by atoms with Crippen LogP contribution in [0.3, 0.4) is 0 Å². The van der Waals surface area contributed by atoms with Gasteiger partial charge < -0.3 is 10.6 Å². The van der Waals surface area contributed by atoms with Gasteiger partial charge >= 0.3 is 0 Å². The largest absolute Gasteiger partial charge is 0.355 e. The quantitative estimate of drug-likeness (QED) is 0.0886. The molecule has 0 bridgehead atoms. The summed E-state index contributed by atoms with van der Waals surface area (Å²) in [5.74, 6) is 7.96. The van der Waals surface area contributed by atoms with Gasteiger partial charge in [-0.25, -0.2) is 0 Å². The van der Waals surface area contributed by atoms with Crippen LogP contribution in [0.5, 0.6) is 0 Å². The van der Waals surface area contributed by atoms with Crippen LogP contribution in [0.25, 0.3) is 0 Å². The highest BCUT2D eigenvalue weighted by molar-refractivity contribution is 8.00. The van der Waals surface area contributed by atoms with Crippen molar-refractivity contribution < 1.29 is 9.59 Å². The summed E-state index contributed by atoms with van der Waals surface area (Å²) >= 11 is 3.03. The Labute approximate surface area is 456 Å². The highest BCUT2D eigenvalue weighted by Gasteiger charge is 2.38. The van der Waals surface area contributed by atoms with Crippen LogP contribution in [0.4, 0.5) is 22.7 Å². The second-order valence-corrected chi connectivity index (χ2v) is 26.1. The lowest BCUT2D eigenvalue weighted by Crippen LogP contribution is -2.25. The first-order valence-corrected chi connectivity index (χ1v) is 28.8. The zero-order chi connectivity index (χ0) is 53.1. The number of benzene rings is 7. The van der Waals surface area contributed by atoms with E-state index in [0.717, 1.165) is 48.0 Å². The average Bonchev–Trinajstić information content (AvgIpc) is 3.39. The van der Waals surface area contributed by atoms with Gasteiger partial charge in [-0.15, -0.1) is 0 Å². The van der Waals surface area contributed by atoms with E-state index in [0.29, 0.717) is 39.5 Å². The van der Waals surface area contributed by atoms with E-state index in [1.807, 2.05) is 60.7 Å². The van der Waals surface area contributed by atoms with Crippen LogP contribution in [0.15, 0.2) is 165 Å². The summed E-state index contributed by atoms with van der Waals surface area (Å²) in [6, 6.07) is 50.2. The Morgan fingerprint density at radius 3 is 1.24 bits per heavy atom. The van der Waals surface area contributed by atoms with E-state index >= 15 is 9.59 Å². The van der Waals surface area contributed by atoms with Crippen molar-refractivity contribution in [3.05, 3.63) is 201 Å². The first-order chi connectivity index (χ1) is 35.8. The maximum absolute atomic E-state index is 15.8. The molecule has 2 N–H and O–H groups in total. The predicted octanol–water partition coefficient (Wildman–Crippen LogP) is 19.4. The Hall–Kier alpha value is -6.26. The van der Waals surface area contributed by atoms with Gasteiger partial charge in [-0.1, -0.05) is 179 Å². The fourth-order valence-electron chi connectivity index (χ4n) is 10.5. The van der Waals surface area contributed by atoms with E-state index < -0.39 is 0 Å². The second-order valence-electron chi connectivity index (χ2n) is 23.9. The first kappa shape index (κ1) is 53.6. The zero-order valence-electron chi connectivity index (χ0n) is 45.8. The number of hydrogen-bond acceptors (Lipinski definition) is 6. The van der Waals surface area contributed by atoms with Crippen molar-refractivity contribution in [3.8, 4) is 11.8 Å². The van der Waals surface area contributed by atoms with Crippen LogP contribution in [-0.4, -0.2) is 11.6 Å². The van der Waals surface area contributed by atoms with Crippen LogP contribution in [0.1, 0.15) is 192 Å². The summed E-state index contributed by atoms with van der Waals surface area (Å²) in [5.41, 5.74) is 11.3. The molecular weight excluding hydrogens is 953 g/mol. The molecule has 7 aromatic rings. The lowest BCUT2D eigenvalue weighted by Gasteiger charge is -2.29. The van der Waals surface area contributed by atoms with Gasteiger partial charge in [0.15, 0.2) is 11.6 Å². The number of fused-ring (bicyclic) bond motifs is 2. The van der Waals surface area contributed by atoms with Gasteiger partial charge in [-0.3, -0.25) is 9.59 Å². The molecule has 7 aromatic carbocycles. The number of rotatable bonds is 13. The molecule has 0 aliphatic heterocycles. The van der Waals surface area contributed by atoms with Crippen molar-refractivity contribution in [1.29, 1.82) is 0 Å². The fourth-order valence-corrected chi connectivity index (χ4v) is 12.4. The molecule has 0 radical (unpaired) electrons. The maximum Gasteiger partial charge on any atom is 0.197 e. The maximum atomic E-state index is 15.8. The van der Waals surface area contributed by atoms with E-state index in [2.05, 4.69) is 177 Å². The monoisotopic (exact) mass is 1030 g/mol. The van der Waals surface area contributed by atoms with Crippen LogP contribution in [0.2, 0.25) is 0 Å². The van der Waals surface area contributed by atoms with Crippen LogP contribution in [-0.2, 0) is 16.2 Å². The third-order valence-electron chi connectivity index (χ3n) is 15.1.